The number of aryl methyl sites for hydroxylation is 1. The normalized spacial score (nSPS) is 23.2. The van der Waals surface area contributed by atoms with Crippen molar-refractivity contribution < 1.29 is 18.3 Å². The minimum atomic E-state index is -3.60. The number of hydrogen-bond acceptors (Lipinski definition) is 5. The number of benzene rings is 3. The molecule has 6 nitrogen and oxygen atoms in total. The lowest BCUT2D eigenvalue weighted by Crippen LogP contribution is -2.67. The Morgan fingerprint density at radius 3 is 2.42 bits per heavy atom. The van der Waals surface area contributed by atoms with Crippen molar-refractivity contribution in [1.29, 1.82) is 0 Å². The highest BCUT2D eigenvalue weighted by Crippen LogP contribution is 2.43. The van der Waals surface area contributed by atoms with Gasteiger partial charge in [-0.15, -0.1) is 0 Å². The van der Waals surface area contributed by atoms with Gasteiger partial charge in [0.05, 0.1) is 18.6 Å². The topological polar surface area (TPSA) is 70.1 Å². The highest BCUT2D eigenvalue weighted by molar-refractivity contribution is 7.89. The molecule has 3 aromatic carbocycles. The minimum Gasteiger partial charge on any atom is -0.497 e. The van der Waals surface area contributed by atoms with Gasteiger partial charge in [-0.05, 0) is 66.8 Å². The highest BCUT2D eigenvalue weighted by atomic mass is 32.2. The highest BCUT2D eigenvalue weighted by Gasteiger charge is 2.50. The lowest BCUT2D eigenvalue weighted by molar-refractivity contribution is -0.0553. The van der Waals surface area contributed by atoms with Gasteiger partial charge in [-0.1, -0.05) is 54.6 Å². The Kier molecular flexibility index (Phi) is 7.17. The summed E-state index contributed by atoms with van der Waals surface area (Å²) in [6.07, 6.45) is 1.72. The maximum absolute atomic E-state index is 13.6. The largest absolute Gasteiger partial charge is 0.497 e. The van der Waals surface area contributed by atoms with Crippen LogP contribution < -0.4 is 4.74 Å². The van der Waals surface area contributed by atoms with Crippen LogP contribution in [0.3, 0.4) is 0 Å². The van der Waals surface area contributed by atoms with Crippen LogP contribution in [0.5, 0.6) is 5.75 Å². The number of nitrogens with zero attached hydrogens (tertiary/aromatic N) is 2. The van der Waals surface area contributed by atoms with Crippen LogP contribution in [0.2, 0.25) is 0 Å². The summed E-state index contributed by atoms with van der Waals surface area (Å²) >= 11 is 0. The molecule has 0 radical (unpaired) electrons. The molecular weight excluding hydrogens is 472 g/mol. The monoisotopic (exact) mass is 506 g/mol. The van der Waals surface area contributed by atoms with E-state index in [0.717, 1.165) is 47.4 Å². The Morgan fingerprint density at radius 2 is 1.69 bits per heavy atom. The van der Waals surface area contributed by atoms with E-state index in [-0.39, 0.29) is 24.6 Å². The number of sulfonamides is 1. The van der Waals surface area contributed by atoms with Crippen molar-refractivity contribution in [2.45, 2.75) is 42.7 Å². The fourth-order valence-corrected chi connectivity index (χ4v) is 7.53. The van der Waals surface area contributed by atoms with Crippen LogP contribution in [0.25, 0.3) is 11.1 Å². The fourth-order valence-electron chi connectivity index (χ4n) is 5.81. The fraction of sp³-hybridized carbons (Fsp3) is 0.379. The second kappa shape index (κ2) is 10.3. The van der Waals surface area contributed by atoms with Crippen LogP contribution in [0.15, 0.2) is 77.7 Å². The number of aliphatic hydroxyl groups is 1. The summed E-state index contributed by atoms with van der Waals surface area (Å²) in [5, 5.41) is 10.3. The van der Waals surface area contributed by atoms with Crippen molar-refractivity contribution in [3.05, 3.63) is 83.9 Å². The molecule has 1 unspecified atom stereocenters. The third-order valence-corrected chi connectivity index (χ3v) is 9.77. The van der Waals surface area contributed by atoms with Gasteiger partial charge in [0.1, 0.15) is 5.75 Å². The summed E-state index contributed by atoms with van der Waals surface area (Å²) in [5.74, 6) is 0.887. The van der Waals surface area contributed by atoms with Gasteiger partial charge in [-0.25, -0.2) is 8.42 Å². The van der Waals surface area contributed by atoms with Crippen LogP contribution in [0, 0.1) is 6.92 Å². The van der Waals surface area contributed by atoms with Crippen LogP contribution >= 0.6 is 0 Å². The first kappa shape index (κ1) is 25.0. The molecule has 5 rings (SSSR count). The Balaban J connectivity index is 1.43. The number of fused-ring (bicyclic) bond motifs is 1. The number of hydrogen-bond donors (Lipinski definition) is 1. The van der Waals surface area contributed by atoms with Gasteiger partial charge in [0.25, 0.3) is 0 Å². The second-order valence-electron chi connectivity index (χ2n) is 9.77. The van der Waals surface area contributed by atoms with E-state index in [9.17, 15) is 13.5 Å². The van der Waals surface area contributed by atoms with Crippen molar-refractivity contribution in [2.24, 2.45) is 0 Å². The zero-order chi connectivity index (χ0) is 25.3. The van der Waals surface area contributed by atoms with E-state index in [2.05, 4.69) is 35.2 Å². The standard InChI is InChI=1S/C29H34N2O4S/c1-21-8-3-4-11-28(21)36(33,34)30-16-5-6-17-31-26(19-30)29(27(31)20-32)23-14-12-22(13-15-23)24-9-7-10-25(18-24)35-2/h3-4,7-15,18,26-27,29,32H,5-6,16-17,19-20H2,1-2H3/t26-,27+,29?/m0/s1. The third-order valence-electron chi connectivity index (χ3n) is 7.74. The summed E-state index contributed by atoms with van der Waals surface area (Å²) < 4.78 is 34.3. The van der Waals surface area contributed by atoms with Gasteiger partial charge in [0.15, 0.2) is 0 Å². The summed E-state index contributed by atoms with van der Waals surface area (Å²) in [6, 6.07) is 23.7. The summed E-state index contributed by atoms with van der Waals surface area (Å²) in [7, 11) is -1.94. The second-order valence-corrected chi connectivity index (χ2v) is 11.7. The van der Waals surface area contributed by atoms with E-state index in [4.69, 9.17) is 4.74 Å². The number of aliphatic hydroxyl groups excluding tert-OH is 1. The number of rotatable bonds is 6. The molecule has 0 aliphatic carbocycles. The SMILES string of the molecule is COc1cccc(-c2ccc(C3[C@@H](CO)N4CCCCN(S(=O)(=O)c5ccccc5C)C[C@@H]34)cc2)c1. The average Bonchev–Trinajstić information content (AvgIpc) is 2.88. The van der Waals surface area contributed by atoms with Gasteiger partial charge in [0, 0.05) is 31.1 Å². The number of ether oxygens (including phenoxy) is 1. The molecule has 3 atom stereocenters. The van der Waals surface area contributed by atoms with Crippen LogP contribution in [-0.4, -0.2) is 68.2 Å². The van der Waals surface area contributed by atoms with Crippen molar-refractivity contribution in [1.82, 2.24) is 9.21 Å². The van der Waals surface area contributed by atoms with Crippen LogP contribution in [0.4, 0.5) is 0 Å². The Labute approximate surface area is 214 Å². The lowest BCUT2D eigenvalue weighted by atomic mass is 9.74. The van der Waals surface area contributed by atoms with Gasteiger partial charge in [-0.3, -0.25) is 4.90 Å². The van der Waals surface area contributed by atoms with E-state index >= 15 is 0 Å². The van der Waals surface area contributed by atoms with Crippen LogP contribution in [-0.2, 0) is 10.0 Å². The molecule has 2 fully saturated rings. The molecular formula is C29H34N2O4S. The molecule has 2 saturated heterocycles. The minimum absolute atomic E-state index is 0.00113. The van der Waals surface area contributed by atoms with Crippen molar-refractivity contribution in [3.63, 3.8) is 0 Å². The molecule has 1 N–H and O–H groups in total. The van der Waals surface area contributed by atoms with E-state index in [1.165, 1.54) is 0 Å². The van der Waals surface area contributed by atoms with E-state index < -0.39 is 10.0 Å². The molecule has 2 aliphatic heterocycles. The lowest BCUT2D eigenvalue weighted by Gasteiger charge is -2.57. The molecule has 2 heterocycles. The molecule has 3 aromatic rings. The zero-order valence-corrected chi connectivity index (χ0v) is 21.7. The predicted molar refractivity (Wildman–Crippen MR) is 142 cm³/mol. The van der Waals surface area contributed by atoms with Gasteiger partial charge >= 0.3 is 0 Å². The Hall–Kier alpha value is -2.71. The zero-order valence-electron chi connectivity index (χ0n) is 20.9. The van der Waals surface area contributed by atoms with Gasteiger partial charge < -0.3 is 9.84 Å². The first-order valence-electron chi connectivity index (χ1n) is 12.6. The van der Waals surface area contributed by atoms with E-state index in [1.807, 2.05) is 37.3 Å². The molecule has 7 heteroatoms. The molecule has 190 valence electrons. The van der Waals surface area contributed by atoms with Gasteiger partial charge in [0.2, 0.25) is 10.0 Å². The maximum Gasteiger partial charge on any atom is 0.243 e. The summed E-state index contributed by atoms with van der Waals surface area (Å²) in [5.41, 5.74) is 4.07. The summed E-state index contributed by atoms with van der Waals surface area (Å²) in [4.78, 5) is 2.69. The quantitative estimate of drug-likeness (QED) is 0.540. The van der Waals surface area contributed by atoms with Crippen molar-refractivity contribution >= 4 is 10.0 Å². The molecule has 0 saturated carbocycles. The van der Waals surface area contributed by atoms with Crippen LogP contribution in [0.1, 0.15) is 29.9 Å². The molecule has 2 aliphatic rings. The Morgan fingerprint density at radius 1 is 0.944 bits per heavy atom. The molecule has 0 aromatic heterocycles. The maximum atomic E-state index is 13.6. The van der Waals surface area contributed by atoms with E-state index in [0.29, 0.717) is 18.0 Å². The van der Waals surface area contributed by atoms with Gasteiger partial charge in [-0.2, -0.15) is 4.31 Å². The Bertz CT molecular complexity index is 1310. The van der Waals surface area contributed by atoms with Crippen molar-refractivity contribution in [3.8, 4) is 16.9 Å². The first-order chi connectivity index (χ1) is 17.4. The predicted octanol–water partition coefficient (Wildman–Crippen LogP) is 4.28. The smallest absolute Gasteiger partial charge is 0.243 e. The molecule has 0 amide bonds. The third kappa shape index (κ3) is 4.57. The molecule has 0 bridgehead atoms. The number of methoxy groups -OCH3 is 1. The van der Waals surface area contributed by atoms with E-state index in [1.54, 1.807) is 23.5 Å². The molecule has 36 heavy (non-hydrogen) atoms. The average molecular weight is 507 g/mol. The molecule has 0 spiro atoms. The summed E-state index contributed by atoms with van der Waals surface area (Å²) in [6.45, 7) is 3.73. The first-order valence-corrected chi connectivity index (χ1v) is 14.0. The van der Waals surface area contributed by atoms with Crippen molar-refractivity contribution in [2.75, 3.05) is 33.4 Å².